The van der Waals surface area contributed by atoms with Gasteiger partial charge in [0.2, 0.25) is 0 Å². The van der Waals surface area contributed by atoms with Crippen LogP contribution in [0.25, 0.3) is 65.0 Å². The molecule has 296 valence electrons. The van der Waals surface area contributed by atoms with Crippen molar-refractivity contribution in [3.63, 3.8) is 0 Å². The molecule has 0 fully saturated rings. The second kappa shape index (κ2) is 12.1. The summed E-state index contributed by atoms with van der Waals surface area (Å²) in [4.78, 5) is 59.9. The van der Waals surface area contributed by atoms with Gasteiger partial charge in [0.05, 0.1) is 40.6 Å². The molecule has 0 spiro atoms. The van der Waals surface area contributed by atoms with Crippen LogP contribution in [-0.4, -0.2) is 57.9 Å². The molecule has 11 heteroatoms. The van der Waals surface area contributed by atoms with E-state index in [1.807, 2.05) is 37.3 Å². The number of ether oxygens (including phenoxy) is 3. The Balaban J connectivity index is 1.09. The lowest BCUT2D eigenvalue weighted by atomic mass is 9.60. The summed E-state index contributed by atoms with van der Waals surface area (Å²) in [5.41, 5.74) is 5.39. The van der Waals surface area contributed by atoms with E-state index in [9.17, 15) is 24.3 Å². The Kier molecular flexibility index (Phi) is 7.02. The lowest BCUT2D eigenvalue weighted by Crippen LogP contribution is -2.40. The molecule has 62 heavy (non-hydrogen) atoms. The van der Waals surface area contributed by atoms with Gasteiger partial charge in [0.25, 0.3) is 23.6 Å². The monoisotopic (exact) mass is 810 g/mol. The van der Waals surface area contributed by atoms with Gasteiger partial charge in [-0.05, 0) is 94.9 Å². The van der Waals surface area contributed by atoms with Crippen molar-refractivity contribution in [3.8, 4) is 34.1 Å². The smallest absolute Gasteiger partial charge is 0.265 e. The fourth-order valence-electron chi connectivity index (χ4n) is 10.4. The van der Waals surface area contributed by atoms with E-state index >= 15 is 0 Å². The molecular formula is C51H31BN2O8. The van der Waals surface area contributed by atoms with Crippen molar-refractivity contribution >= 4 is 96.7 Å². The number of rotatable bonds is 5. The molecule has 1 aliphatic carbocycles. The molecule has 1 atom stereocenters. The van der Waals surface area contributed by atoms with Gasteiger partial charge in [0.15, 0.2) is 0 Å². The first kappa shape index (κ1) is 36.0. The third kappa shape index (κ3) is 4.38. The van der Waals surface area contributed by atoms with Crippen LogP contribution < -0.4 is 24.0 Å². The van der Waals surface area contributed by atoms with E-state index in [4.69, 9.17) is 22.1 Å². The molecule has 2 aliphatic heterocycles. The zero-order chi connectivity index (χ0) is 42.7. The number of amides is 4. The first-order valence-electron chi connectivity index (χ1n) is 19.9. The Hall–Kier alpha value is -7.92. The van der Waals surface area contributed by atoms with E-state index in [0.717, 1.165) is 70.2 Å². The number of imide groups is 2. The quantitative estimate of drug-likeness (QED) is 0.0790. The lowest BCUT2D eigenvalue weighted by Gasteiger charge is -2.32. The van der Waals surface area contributed by atoms with Crippen LogP contribution in [0.3, 0.4) is 0 Å². The van der Waals surface area contributed by atoms with Crippen molar-refractivity contribution in [1.29, 1.82) is 0 Å². The summed E-state index contributed by atoms with van der Waals surface area (Å²) in [6.45, 7) is 1.97. The molecule has 10 nitrogen and oxygen atoms in total. The number of hydrogen-bond acceptors (Lipinski definition) is 8. The van der Waals surface area contributed by atoms with Crippen molar-refractivity contribution in [3.05, 3.63) is 143 Å². The maximum absolute atomic E-state index is 14.5. The number of carbonyl (C=O) groups excluding carboxylic acids is 4. The standard InChI is InChI=1S/C51H31BN2O8/c1-51(52)39-15-13-32-30-8-11-36-43-35(47(56)53(48(36)57)23-17-25(55)21-26(18-23)60-2)10-7-29(41(30)43)31-5-6-33(45(39)42(31)32)34-9-12-37-44-38(14-16-40(51)46(34)44)50(59)54(49(37)58)24-19-27(61-3)22-28(20-24)62-4/h5-22,55H,1-4H3. The summed E-state index contributed by atoms with van der Waals surface area (Å²) in [6, 6.07) is 32.3. The number of fused-ring (bicyclic) bond motifs is 3. The molecule has 1 unspecified atom stereocenters. The minimum atomic E-state index is -1.08. The Labute approximate surface area is 354 Å². The predicted octanol–water partition coefficient (Wildman–Crippen LogP) is 9.64. The van der Waals surface area contributed by atoms with Gasteiger partial charge in [-0.2, -0.15) is 0 Å². The minimum Gasteiger partial charge on any atom is -0.508 e. The number of aromatic hydroxyl groups is 1. The van der Waals surface area contributed by atoms with Crippen molar-refractivity contribution < 1.29 is 38.5 Å². The third-order valence-corrected chi connectivity index (χ3v) is 13.2. The predicted molar refractivity (Wildman–Crippen MR) is 239 cm³/mol. The van der Waals surface area contributed by atoms with Crippen LogP contribution in [0.15, 0.2) is 109 Å². The van der Waals surface area contributed by atoms with Gasteiger partial charge in [0.1, 0.15) is 23.0 Å². The van der Waals surface area contributed by atoms with Crippen molar-refractivity contribution in [2.45, 2.75) is 12.2 Å². The van der Waals surface area contributed by atoms with Crippen LogP contribution in [0.2, 0.25) is 0 Å². The summed E-state index contributed by atoms with van der Waals surface area (Å²) in [6.07, 6.45) is 0. The van der Waals surface area contributed by atoms with Crippen LogP contribution >= 0.6 is 0 Å². The summed E-state index contributed by atoms with van der Waals surface area (Å²) in [7, 11) is 12.0. The first-order valence-corrected chi connectivity index (χ1v) is 19.9. The summed E-state index contributed by atoms with van der Waals surface area (Å²) in [5.74, 6) is -0.924. The molecule has 0 saturated carbocycles. The van der Waals surface area contributed by atoms with E-state index in [1.165, 1.54) is 38.4 Å². The molecule has 4 amide bonds. The lowest BCUT2D eigenvalue weighted by molar-refractivity contribution is 0.0877. The molecule has 0 saturated heterocycles. The molecule has 2 radical (unpaired) electrons. The van der Waals surface area contributed by atoms with E-state index in [0.29, 0.717) is 56.0 Å². The van der Waals surface area contributed by atoms with Crippen LogP contribution in [0, 0.1) is 0 Å². The average molecular weight is 811 g/mol. The molecule has 9 aromatic rings. The molecule has 1 N–H and O–H groups in total. The van der Waals surface area contributed by atoms with Crippen molar-refractivity contribution in [2.75, 3.05) is 31.1 Å². The van der Waals surface area contributed by atoms with Gasteiger partial charge in [0, 0.05) is 69.4 Å². The van der Waals surface area contributed by atoms with E-state index < -0.39 is 28.9 Å². The zero-order valence-corrected chi connectivity index (χ0v) is 33.7. The maximum atomic E-state index is 14.5. The van der Waals surface area contributed by atoms with Crippen LogP contribution in [0.4, 0.5) is 11.4 Å². The highest BCUT2D eigenvalue weighted by Crippen LogP contribution is 2.54. The Morgan fingerprint density at radius 3 is 1.27 bits per heavy atom. The van der Waals surface area contributed by atoms with Crippen molar-refractivity contribution in [1.82, 2.24) is 0 Å². The highest BCUT2D eigenvalue weighted by Gasteiger charge is 2.41. The first-order chi connectivity index (χ1) is 29.9. The van der Waals surface area contributed by atoms with Gasteiger partial charge in [-0.3, -0.25) is 19.2 Å². The highest BCUT2D eigenvalue weighted by atomic mass is 16.5. The number of carbonyl (C=O) groups is 4. The molecule has 9 aromatic carbocycles. The molecule has 0 aromatic heterocycles. The number of phenols is 1. The summed E-state index contributed by atoms with van der Waals surface area (Å²) in [5, 5.41) is 17.5. The van der Waals surface area contributed by atoms with Gasteiger partial charge in [-0.1, -0.05) is 55.5 Å². The molecule has 3 aliphatic rings. The Morgan fingerprint density at radius 2 is 0.774 bits per heavy atom. The molecule has 2 heterocycles. The SMILES string of the molecule is [B]C1(C)c2ccc3c4c(ccc(c24)-c2ccc4c5ccc6c7c(ccc(c8ccc1c2c48)c75)C(=O)N(c1cc(O)cc(OC)c1)C6=O)C(=O)N(c1cc(OC)cc(OC)c1)C3=O. The van der Waals surface area contributed by atoms with Crippen LogP contribution in [-0.2, 0) is 5.31 Å². The topological polar surface area (TPSA) is 123 Å². The number of hydrogen-bond donors (Lipinski definition) is 1. The van der Waals surface area contributed by atoms with Crippen LogP contribution in [0.5, 0.6) is 23.0 Å². The number of nitrogens with zero attached hydrogens (tertiary/aromatic N) is 2. The summed E-state index contributed by atoms with van der Waals surface area (Å²) >= 11 is 0. The number of benzene rings is 9. The van der Waals surface area contributed by atoms with Gasteiger partial charge >= 0.3 is 0 Å². The fourth-order valence-corrected chi connectivity index (χ4v) is 10.4. The van der Waals surface area contributed by atoms with Crippen LogP contribution in [0.1, 0.15) is 59.5 Å². The van der Waals surface area contributed by atoms with E-state index in [2.05, 4.69) is 18.2 Å². The number of phenolic OH excluding ortho intramolecular Hbond substituents is 1. The zero-order valence-electron chi connectivity index (χ0n) is 33.7. The highest BCUT2D eigenvalue weighted by molar-refractivity contribution is 6.44. The van der Waals surface area contributed by atoms with Crippen molar-refractivity contribution in [2.24, 2.45) is 0 Å². The third-order valence-electron chi connectivity index (χ3n) is 13.2. The molecule has 12 rings (SSSR count). The van der Waals surface area contributed by atoms with E-state index in [-0.39, 0.29) is 11.4 Å². The summed E-state index contributed by atoms with van der Waals surface area (Å²) < 4.78 is 16.3. The number of anilines is 2. The largest absolute Gasteiger partial charge is 0.508 e. The van der Waals surface area contributed by atoms with Gasteiger partial charge < -0.3 is 19.3 Å². The average Bonchev–Trinajstić information content (AvgIpc) is 3.36. The molecular weight excluding hydrogens is 779 g/mol. The van der Waals surface area contributed by atoms with Gasteiger partial charge in [-0.15, -0.1) is 0 Å². The minimum absolute atomic E-state index is 0.139. The fraction of sp³-hybridized carbons (Fsp3) is 0.0980. The Morgan fingerprint density at radius 1 is 0.435 bits per heavy atom. The second-order valence-corrected chi connectivity index (χ2v) is 16.3. The Bertz CT molecular complexity index is 3520. The normalized spacial score (nSPS) is 16.6. The maximum Gasteiger partial charge on any atom is 0.265 e. The second-order valence-electron chi connectivity index (χ2n) is 16.3. The number of methoxy groups -OCH3 is 3. The van der Waals surface area contributed by atoms with Gasteiger partial charge in [-0.25, -0.2) is 9.80 Å². The molecule has 0 bridgehead atoms. The van der Waals surface area contributed by atoms with E-state index in [1.54, 1.807) is 48.5 Å².